The van der Waals surface area contributed by atoms with Crippen LogP contribution in [0.2, 0.25) is 0 Å². The van der Waals surface area contributed by atoms with Crippen LogP contribution in [0, 0.1) is 0 Å². The zero-order chi connectivity index (χ0) is 21.1. The van der Waals surface area contributed by atoms with E-state index in [-0.39, 0.29) is 15.8 Å². The molecule has 0 saturated carbocycles. The van der Waals surface area contributed by atoms with Gasteiger partial charge in [-0.3, -0.25) is 0 Å². The highest BCUT2D eigenvalue weighted by molar-refractivity contribution is 8.00. The van der Waals surface area contributed by atoms with Gasteiger partial charge in [0.25, 0.3) is 0 Å². The molecule has 156 valence electrons. The lowest BCUT2D eigenvalue weighted by atomic mass is 10.2. The average Bonchev–Trinajstić information content (AvgIpc) is 3.14. The highest BCUT2D eigenvalue weighted by Gasteiger charge is 2.40. The molecule has 28 heavy (non-hydrogen) atoms. The Morgan fingerprint density at radius 1 is 1.29 bits per heavy atom. The number of thiazole rings is 1. The molecule has 0 fully saturated rings. The summed E-state index contributed by atoms with van der Waals surface area (Å²) in [7, 11) is 1.05. The Hall–Kier alpha value is -1.96. The number of alkyl halides is 6. The summed E-state index contributed by atoms with van der Waals surface area (Å²) in [5.41, 5.74) is -1.89. The van der Waals surface area contributed by atoms with Crippen molar-refractivity contribution in [3.63, 3.8) is 0 Å². The number of hydrogen-bond acceptors (Lipinski definition) is 7. The fourth-order valence-corrected chi connectivity index (χ4v) is 3.87. The molecule has 0 N–H and O–H groups in total. The largest absolute Gasteiger partial charge is 0.468 e. The first-order chi connectivity index (χ1) is 12.9. The number of aryl methyl sites for hydroxylation is 1. The maximum absolute atomic E-state index is 13.2. The zero-order valence-corrected chi connectivity index (χ0v) is 16.0. The van der Waals surface area contributed by atoms with Gasteiger partial charge in [-0.1, -0.05) is 11.8 Å². The van der Waals surface area contributed by atoms with Crippen molar-refractivity contribution < 1.29 is 40.6 Å². The van der Waals surface area contributed by atoms with Crippen LogP contribution in [-0.2, 0) is 23.7 Å². The number of ether oxygens (including phenoxy) is 2. The van der Waals surface area contributed by atoms with Crippen LogP contribution < -0.4 is 4.74 Å². The predicted molar refractivity (Wildman–Crippen MR) is 87.4 cm³/mol. The number of hydrogen-bond donors (Lipinski definition) is 0. The Kier molecular flexibility index (Phi) is 6.85. The van der Waals surface area contributed by atoms with Crippen LogP contribution in [0.4, 0.5) is 26.3 Å². The molecule has 2 aromatic rings. The van der Waals surface area contributed by atoms with E-state index in [1.807, 2.05) is 0 Å². The second kappa shape index (κ2) is 8.59. The molecule has 0 saturated heterocycles. The first kappa shape index (κ1) is 22.3. The van der Waals surface area contributed by atoms with Crippen molar-refractivity contribution in [2.24, 2.45) is 7.05 Å². The second-order valence-corrected chi connectivity index (χ2v) is 7.41. The molecule has 0 aliphatic rings. The number of nitrogens with zero attached hydrogens (tertiary/aromatic N) is 3. The van der Waals surface area contributed by atoms with Gasteiger partial charge in [0.1, 0.15) is 4.88 Å². The smallest absolute Gasteiger partial charge is 0.435 e. The lowest BCUT2D eigenvalue weighted by molar-refractivity contribution is -0.154. The molecule has 0 unspecified atom stereocenters. The van der Waals surface area contributed by atoms with Gasteiger partial charge in [0.05, 0.1) is 18.4 Å². The van der Waals surface area contributed by atoms with Crippen molar-refractivity contribution >= 4 is 29.1 Å². The van der Waals surface area contributed by atoms with Crippen LogP contribution >= 0.6 is 23.1 Å². The maximum Gasteiger partial charge on any atom is 0.435 e. The van der Waals surface area contributed by atoms with Gasteiger partial charge >= 0.3 is 18.3 Å². The summed E-state index contributed by atoms with van der Waals surface area (Å²) in [6.45, 7) is -0.00631. The lowest BCUT2D eigenvalue weighted by Gasteiger charge is -2.11. The van der Waals surface area contributed by atoms with Crippen molar-refractivity contribution in [1.29, 1.82) is 0 Å². The Morgan fingerprint density at radius 3 is 2.54 bits per heavy atom. The molecule has 14 heteroatoms. The van der Waals surface area contributed by atoms with Crippen LogP contribution in [0.1, 0.15) is 27.9 Å². The lowest BCUT2D eigenvalue weighted by Crippen LogP contribution is -2.20. The van der Waals surface area contributed by atoms with E-state index in [4.69, 9.17) is 4.74 Å². The van der Waals surface area contributed by atoms with Gasteiger partial charge in [-0.05, 0) is 6.92 Å². The number of thioether (sulfide) groups is 1. The number of carbonyl (C=O) groups is 1. The van der Waals surface area contributed by atoms with Gasteiger partial charge < -0.3 is 9.47 Å². The molecular weight excluding hydrogens is 436 g/mol. The Bertz CT molecular complexity index is 831. The monoisotopic (exact) mass is 449 g/mol. The van der Waals surface area contributed by atoms with E-state index in [1.54, 1.807) is 6.92 Å². The van der Waals surface area contributed by atoms with Crippen LogP contribution in [-0.4, -0.2) is 40.1 Å². The fraction of sp³-hybridized carbons (Fsp3) is 0.500. The minimum atomic E-state index is -4.88. The molecule has 2 heterocycles. The van der Waals surface area contributed by atoms with Crippen LogP contribution in [0.5, 0.6) is 5.88 Å². The second-order valence-electron chi connectivity index (χ2n) is 5.16. The van der Waals surface area contributed by atoms with Gasteiger partial charge in [-0.15, -0.1) is 11.3 Å². The van der Waals surface area contributed by atoms with E-state index in [9.17, 15) is 31.1 Å². The standard InChI is InChI=1S/C14H13F6N3O3S2/c1-3-25-11(24)8-4-21-12(28-8)27-5-7-9(14(18,19)20)22-23(2)10(7)26-6-13(15,16)17/h4H,3,5-6H2,1-2H3. The molecule has 0 radical (unpaired) electrons. The van der Waals surface area contributed by atoms with Gasteiger partial charge in [0, 0.05) is 12.8 Å². The van der Waals surface area contributed by atoms with E-state index in [1.165, 1.54) is 6.20 Å². The van der Waals surface area contributed by atoms with Crippen molar-refractivity contribution in [3.8, 4) is 5.88 Å². The Balaban J connectivity index is 2.24. The molecule has 0 amide bonds. The van der Waals surface area contributed by atoms with Gasteiger partial charge in [0.15, 0.2) is 16.6 Å². The molecule has 0 atom stereocenters. The summed E-state index contributed by atoms with van der Waals surface area (Å²) in [5, 5.41) is 3.25. The van der Waals surface area contributed by atoms with E-state index in [2.05, 4.69) is 14.8 Å². The Morgan fingerprint density at radius 2 is 1.96 bits per heavy atom. The average molecular weight is 449 g/mol. The molecule has 0 aliphatic heterocycles. The quantitative estimate of drug-likeness (QED) is 0.357. The van der Waals surface area contributed by atoms with Crippen LogP contribution in [0.15, 0.2) is 10.5 Å². The predicted octanol–water partition coefficient (Wildman–Crippen LogP) is 4.31. The molecule has 0 spiro atoms. The summed E-state index contributed by atoms with van der Waals surface area (Å²) in [6.07, 6.45) is -8.40. The van der Waals surface area contributed by atoms with E-state index < -0.39 is 47.8 Å². The maximum atomic E-state index is 13.2. The van der Waals surface area contributed by atoms with Gasteiger partial charge in [0.2, 0.25) is 5.88 Å². The third kappa shape index (κ3) is 5.77. The number of esters is 1. The molecular formula is C14H13F6N3O3S2. The number of aromatic nitrogens is 3. The highest BCUT2D eigenvalue weighted by atomic mass is 32.2. The van der Waals surface area contributed by atoms with Crippen LogP contribution in [0.25, 0.3) is 0 Å². The number of carbonyl (C=O) groups excluding carboxylic acids is 1. The van der Waals surface area contributed by atoms with Crippen molar-refractivity contribution in [2.45, 2.75) is 29.4 Å². The summed E-state index contributed by atoms with van der Waals surface area (Å²) in [5.74, 6) is -1.68. The topological polar surface area (TPSA) is 66.2 Å². The molecule has 0 bridgehead atoms. The molecule has 0 aromatic carbocycles. The third-order valence-electron chi connectivity index (χ3n) is 3.03. The molecule has 6 nitrogen and oxygen atoms in total. The SMILES string of the molecule is CCOC(=O)c1cnc(SCc2c(C(F)(F)F)nn(C)c2OCC(F)(F)F)s1. The first-order valence-corrected chi connectivity index (χ1v) is 9.31. The number of rotatable bonds is 7. The van der Waals surface area contributed by atoms with Gasteiger partial charge in [-0.2, -0.15) is 31.4 Å². The minimum Gasteiger partial charge on any atom is -0.468 e. The first-order valence-electron chi connectivity index (χ1n) is 7.50. The van der Waals surface area contributed by atoms with E-state index in [0.29, 0.717) is 4.68 Å². The van der Waals surface area contributed by atoms with E-state index in [0.717, 1.165) is 30.1 Å². The fourth-order valence-electron chi connectivity index (χ4n) is 2.00. The van der Waals surface area contributed by atoms with Crippen molar-refractivity contribution in [1.82, 2.24) is 14.8 Å². The summed E-state index contributed by atoms with van der Waals surface area (Å²) in [6, 6.07) is 0. The van der Waals surface area contributed by atoms with Crippen LogP contribution in [0.3, 0.4) is 0 Å². The third-order valence-corrected chi connectivity index (χ3v) is 5.19. The highest BCUT2D eigenvalue weighted by Crippen LogP contribution is 2.39. The normalized spacial score (nSPS) is 12.3. The Labute approximate surface area is 162 Å². The summed E-state index contributed by atoms with van der Waals surface area (Å²) in [4.78, 5) is 15.7. The number of halogens is 6. The zero-order valence-electron chi connectivity index (χ0n) is 14.3. The molecule has 2 aromatic heterocycles. The van der Waals surface area contributed by atoms with Crippen molar-refractivity contribution in [2.75, 3.05) is 13.2 Å². The molecule has 2 rings (SSSR count). The summed E-state index contributed by atoms with van der Waals surface area (Å²) >= 11 is 1.70. The minimum absolute atomic E-state index is 0.143. The van der Waals surface area contributed by atoms with Gasteiger partial charge in [-0.25, -0.2) is 14.5 Å². The van der Waals surface area contributed by atoms with Crippen molar-refractivity contribution in [3.05, 3.63) is 22.3 Å². The molecule has 0 aliphatic carbocycles. The van der Waals surface area contributed by atoms with E-state index >= 15 is 0 Å². The summed E-state index contributed by atoms with van der Waals surface area (Å²) < 4.78 is 87.0.